The summed E-state index contributed by atoms with van der Waals surface area (Å²) in [7, 11) is 0. The van der Waals surface area contributed by atoms with Crippen LogP contribution in [0.15, 0.2) is 76.8 Å². The van der Waals surface area contributed by atoms with Gasteiger partial charge in [-0.3, -0.25) is 9.89 Å². The van der Waals surface area contributed by atoms with E-state index in [-0.39, 0.29) is 5.91 Å². The van der Waals surface area contributed by atoms with Crippen molar-refractivity contribution < 1.29 is 4.79 Å². The topological polar surface area (TPSA) is 95.6 Å². The van der Waals surface area contributed by atoms with Crippen LogP contribution in [0, 0.1) is 6.92 Å². The lowest BCUT2D eigenvalue weighted by Crippen LogP contribution is -2.10. The second kappa shape index (κ2) is 10.1. The molecule has 0 spiro atoms. The molecule has 2 aromatic carbocycles. The highest BCUT2D eigenvalue weighted by Gasteiger charge is 2.10. The van der Waals surface area contributed by atoms with Gasteiger partial charge in [0.15, 0.2) is 11.0 Å². The zero-order chi connectivity index (χ0) is 22.3. The number of hydrogen-bond donors (Lipinski definition) is 3. The summed E-state index contributed by atoms with van der Waals surface area (Å²) >= 11 is 1.46. The van der Waals surface area contributed by atoms with Crippen LogP contribution < -0.4 is 10.6 Å². The van der Waals surface area contributed by atoms with Crippen LogP contribution in [0.1, 0.15) is 25.5 Å². The van der Waals surface area contributed by atoms with Crippen LogP contribution >= 0.6 is 11.8 Å². The third-order valence-corrected chi connectivity index (χ3v) is 5.43. The van der Waals surface area contributed by atoms with Crippen molar-refractivity contribution in [3.63, 3.8) is 0 Å². The molecule has 0 saturated carbocycles. The molecule has 0 saturated heterocycles. The van der Waals surface area contributed by atoms with Crippen LogP contribution in [-0.2, 0) is 4.79 Å². The number of aryl methyl sites for hydroxylation is 1. The van der Waals surface area contributed by atoms with Gasteiger partial charge in [-0.2, -0.15) is 5.10 Å². The Balaban J connectivity index is 1.58. The number of hydrogen-bond acceptors (Lipinski definition) is 6. The fourth-order valence-electron chi connectivity index (χ4n) is 3.07. The molecule has 0 aliphatic carbocycles. The number of aromatic amines is 1. The molecule has 162 valence electrons. The highest BCUT2D eigenvalue weighted by atomic mass is 32.2. The van der Waals surface area contributed by atoms with Gasteiger partial charge in [0, 0.05) is 40.4 Å². The fraction of sp³-hybridized carbons (Fsp3) is 0.167. The average molecular weight is 445 g/mol. The first-order valence-corrected chi connectivity index (χ1v) is 11.2. The highest BCUT2D eigenvalue weighted by Crippen LogP contribution is 2.30. The van der Waals surface area contributed by atoms with Crippen molar-refractivity contribution in [2.75, 3.05) is 10.6 Å². The minimum atomic E-state index is 0.0242. The summed E-state index contributed by atoms with van der Waals surface area (Å²) < 4.78 is 0. The summed E-state index contributed by atoms with van der Waals surface area (Å²) in [5.41, 5.74) is 3.57. The Morgan fingerprint density at radius 2 is 1.78 bits per heavy atom. The number of nitrogens with one attached hydrogen (secondary N) is 3. The second-order valence-electron chi connectivity index (χ2n) is 7.27. The smallest absolute Gasteiger partial charge is 0.224 e. The molecule has 7 nitrogen and oxygen atoms in total. The molecule has 0 aliphatic rings. The van der Waals surface area contributed by atoms with Crippen LogP contribution in [0.2, 0.25) is 0 Å². The lowest BCUT2D eigenvalue weighted by Gasteiger charge is -2.09. The van der Waals surface area contributed by atoms with Gasteiger partial charge >= 0.3 is 0 Å². The van der Waals surface area contributed by atoms with Crippen molar-refractivity contribution in [1.29, 1.82) is 0 Å². The molecule has 3 N–H and O–H groups in total. The molecule has 0 fully saturated rings. The number of rotatable bonds is 8. The molecule has 0 radical (unpaired) electrons. The fourth-order valence-corrected chi connectivity index (χ4v) is 3.84. The Morgan fingerprint density at radius 3 is 2.47 bits per heavy atom. The first-order valence-electron chi connectivity index (χ1n) is 10.4. The predicted molar refractivity (Wildman–Crippen MR) is 128 cm³/mol. The summed E-state index contributed by atoms with van der Waals surface area (Å²) in [5, 5.41) is 13.9. The van der Waals surface area contributed by atoms with Gasteiger partial charge < -0.3 is 10.6 Å². The van der Waals surface area contributed by atoms with Gasteiger partial charge in [-0.15, -0.1) is 0 Å². The van der Waals surface area contributed by atoms with E-state index in [4.69, 9.17) is 4.98 Å². The Morgan fingerprint density at radius 1 is 1.00 bits per heavy atom. The van der Waals surface area contributed by atoms with E-state index in [0.29, 0.717) is 23.2 Å². The number of anilines is 3. The van der Waals surface area contributed by atoms with E-state index < -0.39 is 0 Å². The maximum Gasteiger partial charge on any atom is 0.224 e. The average Bonchev–Trinajstić information content (AvgIpc) is 3.20. The Hall–Kier alpha value is -3.65. The molecule has 0 atom stereocenters. The van der Waals surface area contributed by atoms with Crippen molar-refractivity contribution in [2.45, 2.75) is 36.7 Å². The van der Waals surface area contributed by atoms with E-state index in [1.54, 1.807) is 0 Å². The van der Waals surface area contributed by atoms with E-state index in [0.717, 1.165) is 34.0 Å². The number of aromatic nitrogens is 4. The van der Waals surface area contributed by atoms with Gasteiger partial charge in [-0.1, -0.05) is 37.3 Å². The van der Waals surface area contributed by atoms with Gasteiger partial charge in [0.2, 0.25) is 5.91 Å². The quantitative estimate of drug-likeness (QED) is 0.297. The van der Waals surface area contributed by atoms with Crippen LogP contribution in [0.5, 0.6) is 0 Å². The number of benzene rings is 2. The van der Waals surface area contributed by atoms with Crippen LogP contribution in [-0.4, -0.2) is 26.1 Å². The van der Waals surface area contributed by atoms with Gasteiger partial charge in [-0.25, -0.2) is 9.97 Å². The molecule has 32 heavy (non-hydrogen) atoms. The first-order chi connectivity index (χ1) is 15.6. The van der Waals surface area contributed by atoms with E-state index in [1.807, 2.05) is 80.6 Å². The zero-order valence-corrected chi connectivity index (χ0v) is 18.7. The molecule has 0 unspecified atom stereocenters. The Kier molecular flexibility index (Phi) is 6.81. The largest absolute Gasteiger partial charge is 0.326 e. The molecule has 4 rings (SSSR count). The van der Waals surface area contributed by atoms with Crippen molar-refractivity contribution in [1.82, 2.24) is 20.2 Å². The molecular weight excluding hydrogens is 420 g/mol. The third kappa shape index (κ3) is 5.73. The minimum absolute atomic E-state index is 0.0242. The number of carbonyl (C=O) groups excluding carboxylic acids is 1. The third-order valence-electron chi connectivity index (χ3n) is 4.56. The summed E-state index contributed by atoms with van der Waals surface area (Å²) in [6.07, 6.45) is 1.34. The molecule has 2 aromatic heterocycles. The van der Waals surface area contributed by atoms with Crippen LogP contribution in [0.3, 0.4) is 0 Å². The molecule has 4 aromatic rings. The van der Waals surface area contributed by atoms with Crippen molar-refractivity contribution in [2.24, 2.45) is 0 Å². The maximum absolute atomic E-state index is 11.8. The molecular formula is C24H24N6OS. The van der Waals surface area contributed by atoms with E-state index in [1.165, 1.54) is 11.8 Å². The molecule has 1 amide bonds. The molecule has 2 heterocycles. The van der Waals surface area contributed by atoms with Gasteiger partial charge in [-0.05, 0) is 49.4 Å². The van der Waals surface area contributed by atoms with Crippen LogP contribution in [0.4, 0.5) is 17.3 Å². The maximum atomic E-state index is 11.8. The lowest BCUT2D eigenvalue weighted by molar-refractivity contribution is -0.116. The van der Waals surface area contributed by atoms with Gasteiger partial charge in [0.1, 0.15) is 5.82 Å². The summed E-state index contributed by atoms with van der Waals surface area (Å²) in [4.78, 5) is 22.2. The standard InChI is InChI=1S/C24H24N6OS/c1-3-7-23(31)25-18-10-12-19(13-11-18)32-24-26-20(17-8-5-4-6-9-17)15-21(28-24)27-22-14-16(2)29-30-22/h4-6,8-15H,3,7H2,1-2H3,(H,25,31)(H2,26,27,28,29,30). The Labute approximate surface area is 191 Å². The molecule has 0 aliphatic heterocycles. The van der Waals surface area contributed by atoms with Crippen molar-refractivity contribution >= 4 is 35.0 Å². The zero-order valence-electron chi connectivity index (χ0n) is 17.9. The SMILES string of the molecule is CCCC(=O)Nc1ccc(Sc2nc(Nc3cc(C)[nH]n3)cc(-c3ccccc3)n2)cc1. The lowest BCUT2D eigenvalue weighted by atomic mass is 10.1. The highest BCUT2D eigenvalue weighted by molar-refractivity contribution is 7.99. The summed E-state index contributed by atoms with van der Waals surface area (Å²) in [6.45, 7) is 3.93. The second-order valence-corrected chi connectivity index (χ2v) is 8.31. The predicted octanol–water partition coefficient (Wildman–Crippen LogP) is 5.81. The molecule has 0 bridgehead atoms. The van der Waals surface area contributed by atoms with E-state index >= 15 is 0 Å². The summed E-state index contributed by atoms with van der Waals surface area (Å²) in [5.74, 6) is 1.38. The number of H-pyrrole nitrogens is 1. The number of nitrogens with zero attached hydrogens (tertiary/aromatic N) is 3. The number of carbonyl (C=O) groups is 1. The van der Waals surface area contributed by atoms with Crippen molar-refractivity contribution in [3.8, 4) is 11.3 Å². The number of amides is 1. The summed E-state index contributed by atoms with van der Waals surface area (Å²) in [6, 6.07) is 21.5. The van der Waals surface area contributed by atoms with Crippen molar-refractivity contribution in [3.05, 3.63) is 72.4 Å². The van der Waals surface area contributed by atoms with Crippen LogP contribution in [0.25, 0.3) is 11.3 Å². The monoisotopic (exact) mass is 444 g/mol. The Bertz CT molecular complexity index is 1190. The first kappa shape index (κ1) is 21.6. The van der Waals surface area contributed by atoms with E-state index in [2.05, 4.69) is 25.8 Å². The molecule has 8 heteroatoms. The van der Waals surface area contributed by atoms with Gasteiger partial charge in [0.25, 0.3) is 0 Å². The normalized spacial score (nSPS) is 10.7. The van der Waals surface area contributed by atoms with E-state index in [9.17, 15) is 4.79 Å². The minimum Gasteiger partial charge on any atom is -0.326 e. The van der Waals surface area contributed by atoms with Gasteiger partial charge in [0.05, 0.1) is 5.69 Å².